The second kappa shape index (κ2) is 32.9. The summed E-state index contributed by atoms with van der Waals surface area (Å²) in [5.41, 5.74) is 0.690. The van der Waals surface area contributed by atoms with E-state index in [1.54, 1.807) is 0 Å². The molecule has 0 nitrogen and oxygen atoms in total. The quantitative estimate of drug-likeness (QED) is 0.0536. The Balaban J connectivity index is 3.48. The van der Waals surface area contributed by atoms with Gasteiger partial charge in [-0.3, -0.25) is 0 Å². The molecule has 0 aliphatic rings. The minimum atomic E-state index is 0.690. The lowest BCUT2D eigenvalue weighted by molar-refractivity contribution is 0.175. The third kappa shape index (κ3) is 28.3. The second-order valence-corrected chi connectivity index (χ2v) is 14.9. The van der Waals surface area contributed by atoms with Gasteiger partial charge >= 0.3 is 0 Å². The topological polar surface area (TPSA) is 0 Å². The van der Waals surface area contributed by atoms with Crippen LogP contribution in [0.5, 0.6) is 0 Å². The standard InChI is InChI=1S/C38H79P/c1-5-9-13-14-15-16-17-18-19-20-21-24-27-30-36-39-37-31-28-25-22-23-26-29-35-38(32-10-6-2,33-11-7-3)34-12-8-4/h39H,5-37H2,1-4H3. The molecule has 236 valence electrons. The number of unbranched alkanes of at least 4 members (excludes halogenated alkanes) is 22. The first kappa shape index (κ1) is 39.4. The van der Waals surface area contributed by atoms with Crippen molar-refractivity contribution in [1.29, 1.82) is 0 Å². The zero-order valence-corrected chi connectivity index (χ0v) is 29.3. The first-order valence-corrected chi connectivity index (χ1v) is 20.4. The molecular weight excluding hydrogens is 487 g/mol. The average Bonchev–Trinajstić information content (AvgIpc) is 2.95. The SMILES string of the molecule is CCCCCCCCCCCCCCCCPCCCCCCCCCC(CCCC)(CCCC)CCCC. The van der Waals surface area contributed by atoms with E-state index < -0.39 is 0 Å². The van der Waals surface area contributed by atoms with Gasteiger partial charge in [0.25, 0.3) is 0 Å². The average molecular weight is 567 g/mol. The monoisotopic (exact) mass is 567 g/mol. The van der Waals surface area contributed by atoms with Crippen molar-refractivity contribution in [2.24, 2.45) is 5.41 Å². The van der Waals surface area contributed by atoms with Crippen molar-refractivity contribution < 1.29 is 0 Å². The highest BCUT2D eigenvalue weighted by molar-refractivity contribution is 7.37. The zero-order valence-electron chi connectivity index (χ0n) is 28.3. The van der Waals surface area contributed by atoms with Gasteiger partial charge in [-0.25, -0.2) is 0 Å². The molecule has 0 saturated heterocycles. The lowest BCUT2D eigenvalue weighted by atomic mass is 9.71. The molecule has 0 bridgehead atoms. The molecule has 1 heteroatoms. The van der Waals surface area contributed by atoms with Crippen LogP contribution in [0.3, 0.4) is 0 Å². The van der Waals surface area contributed by atoms with Gasteiger partial charge < -0.3 is 0 Å². The fourth-order valence-corrected chi connectivity index (χ4v) is 7.86. The second-order valence-electron chi connectivity index (χ2n) is 13.4. The molecule has 0 heterocycles. The Morgan fingerprint density at radius 3 is 0.872 bits per heavy atom. The van der Waals surface area contributed by atoms with Crippen molar-refractivity contribution in [2.45, 2.75) is 227 Å². The van der Waals surface area contributed by atoms with Gasteiger partial charge in [-0.1, -0.05) is 188 Å². The van der Waals surface area contributed by atoms with Gasteiger partial charge in [-0.2, -0.15) is 0 Å². The van der Waals surface area contributed by atoms with Gasteiger partial charge in [0.1, 0.15) is 0 Å². The maximum atomic E-state index is 2.38. The lowest BCUT2D eigenvalue weighted by Gasteiger charge is -2.35. The molecule has 0 fully saturated rings. The summed E-state index contributed by atoms with van der Waals surface area (Å²) in [6.07, 6.45) is 48.7. The summed E-state index contributed by atoms with van der Waals surface area (Å²) in [6.45, 7) is 9.45. The summed E-state index contributed by atoms with van der Waals surface area (Å²) in [4.78, 5) is 0. The molecule has 0 aromatic rings. The predicted octanol–water partition coefficient (Wildman–Crippen LogP) is 14.8. The van der Waals surface area contributed by atoms with Crippen LogP contribution in [0.1, 0.15) is 227 Å². The molecule has 0 aliphatic heterocycles. The molecule has 0 aromatic heterocycles. The Morgan fingerprint density at radius 2 is 0.538 bits per heavy atom. The molecule has 0 aliphatic carbocycles. The molecule has 0 spiro atoms. The summed E-state index contributed by atoms with van der Waals surface area (Å²) in [5.74, 6) is 0. The fourth-order valence-electron chi connectivity index (χ4n) is 6.61. The van der Waals surface area contributed by atoms with Crippen molar-refractivity contribution in [3.8, 4) is 0 Å². The Hall–Kier alpha value is 0.430. The van der Waals surface area contributed by atoms with Crippen LogP contribution >= 0.6 is 8.58 Å². The van der Waals surface area contributed by atoms with Crippen LogP contribution in [-0.2, 0) is 0 Å². The van der Waals surface area contributed by atoms with E-state index >= 15 is 0 Å². The van der Waals surface area contributed by atoms with E-state index in [9.17, 15) is 0 Å². The van der Waals surface area contributed by atoms with Gasteiger partial charge in [0.2, 0.25) is 0 Å². The van der Waals surface area contributed by atoms with E-state index in [1.807, 2.05) is 0 Å². The largest absolute Gasteiger partial charge is 0.122 e. The van der Waals surface area contributed by atoms with E-state index in [2.05, 4.69) is 27.7 Å². The van der Waals surface area contributed by atoms with Crippen molar-refractivity contribution in [1.82, 2.24) is 0 Å². The molecule has 0 N–H and O–H groups in total. The third-order valence-corrected chi connectivity index (χ3v) is 10.9. The van der Waals surface area contributed by atoms with E-state index in [1.165, 1.54) is 220 Å². The van der Waals surface area contributed by atoms with Crippen LogP contribution in [0, 0.1) is 5.41 Å². The van der Waals surface area contributed by atoms with Crippen LogP contribution in [-0.4, -0.2) is 12.3 Å². The minimum absolute atomic E-state index is 0.690. The van der Waals surface area contributed by atoms with E-state index in [0.29, 0.717) is 5.41 Å². The fraction of sp³-hybridized carbons (Fsp3) is 1.00. The van der Waals surface area contributed by atoms with Gasteiger partial charge in [0, 0.05) is 0 Å². The molecule has 0 radical (unpaired) electrons. The number of hydrogen-bond acceptors (Lipinski definition) is 0. The van der Waals surface area contributed by atoms with Gasteiger partial charge in [0.15, 0.2) is 0 Å². The van der Waals surface area contributed by atoms with Gasteiger partial charge in [0.05, 0.1) is 0 Å². The maximum absolute atomic E-state index is 2.38. The first-order valence-electron chi connectivity index (χ1n) is 18.9. The third-order valence-electron chi connectivity index (χ3n) is 9.45. The van der Waals surface area contributed by atoms with Crippen molar-refractivity contribution >= 4 is 8.58 Å². The van der Waals surface area contributed by atoms with Gasteiger partial charge in [-0.05, 0) is 56.3 Å². The molecule has 1 unspecified atom stereocenters. The molecular formula is C38H79P. The minimum Gasteiger partial charge on any atom is -0.122 e. The highest BCUT2D eigenvalue weighted by Crippen LogP contribution is 2.41. The van der Waals surface area contributed by atoms with Crippen LogP contribution in [0.25, 0.3) is 0 Å². The number of rotatable bonds is 34. The highest BCUT2D eigenvalue weighted by Gasteiger charge is 2.27. The van der Waals surface area contributed by atoms with Crippen LogP contribution < -0.4 is 0 Å². The maximum Gasteiger partial charge on any atom is -0.0297 e. The Morgan fingerprint density at radius 1 is 0.282 bits per heavy atom. The summed E-state index contributed by atoms with van der Waals surface area (Å²) in [5, 5.41) is 0. The first-order chi connectivity index (χ1) is 19.2. The van der Waals surface area contributed by atoms with Crippen LogP contribution in [0.15, 0.2) is 0 Å². The Bertz CT molecular complexity index is 409. The Labute approximate surface area is 252 Å². The van der Waals surface area contributed by atoms with Crippen LogP contribution in [0.2, 0.25) is 0 Å². The Kier molecular flexibility index (Phi) is 33.3. The zero-order chi connectivity index (χ0) is 28.5. The van der Waals surface area contributed by atoms with Crippen molar-refractivity contribution in [3.05, 3.63) is 0 Å². The molecule has 1 atom stereocenters. The van der Waals surface area contributed by atoms with Crippen molar-refractivity contribution in [2.75, 3.05) is 12.3 Å². The number of hydrogen-bond donors (Lipinski definition) is 0. The van der Waals surface area contributed by atoms with Crippen LogP contribution in [0.4, 0.5) is 0 Å². The molecule has 0 aromatic carbocycles. The van der Waals surface area contributed by atoms with E-state index in [0.717, 1.165) is 0 Å². The summed E-state index contributed by atoms with van der Waals surface area (Å²) >= 11 is 0. The highest BCUT2D eigenvalue weighted by atomic mass is 31.1. The van der Waals surface area contributed by atoms with E-state index in [-0.39, 0.29) is 0 Å². The smallest absolute Gasteiger partial charge is 0.0297 e. The molecule has 0 saturated carbocycles. The van der Waals surface area contributed by atoms with E-state index in [4.69, 9.17) is 0 Å². The van der Waals surface area contributed by atoms with Crippen molar-refractivity contribution in [3.63, 3.8) is 0 Å². The molecule has 0 amide bonds. The normalized spacial score (nSPS) is 12.3. The molecule has 39 heavy (non-hydrogen) atoms. The molecule has 0 rings (SSSR count). The summed E-state index contributed by atoms with van der Waals surface area (Å²) in [7, 11) is 1.25. The van der Waals surface area contributed by atoms with Gasteiger partial charge in [-0.15, -0.1) is 8.58 Å². The summed E-state index contributed by atoms with van der Waals surface area (Å²) < 4.78 is 0. The predicted molar refractivity (Wildman–Crippen MR) is 186 cm³/mol. The lowest BCUT2D eigenvalue weighted by Crippen LogP contribution is -2.21. The summed E-state index contributed by atoms with van der Waals surface area (Å²) in [6, 6.07) is 0.